The number of sulfonamides is 4. The number of amides is 4. The molecule has 0 aliphatic carbocycles. The van der Waals surface area contributed by atoms with E-state index in [0.717, 1.165) is 6.54 Å². The highest BCUT2D eigenvalue weighted by atomic mass is 32.2. The molecule has 0 bridgehead atoms. The molecular formula is C67H152N8O15S5. The van der Waals surface area contributed by atoms with E-state index in [1.807, 2.05) is 139 Å². The first kappa shape index (κ1) is 113. The quantitative estimate of drug-likeness (QED) is 0.218. The van der Waals surface area contributed by atoms with Gasteiger partial charge in [0.05, 0.1) is 27.8 Å². The second-order valence-corrected chi connectivity index (χ2v) is 47.3. The molecule has 0 aliphatic heterocycles. The average molecular weight is 1470 g/mol. The fraction of sp³-hybridized carbons (Fsp3) is 0.925. The Hall–Kier alpha value is -2.86. The summed E-state index contributed by atoms with van der Waals surface area (Å²) in [7, 11) is 5.15. The van der Waals surface area contributed by atoms with Crippen LogP contribution in [-0.2, 0) is 73.9 Å². The van der Waals surface area contributed by atoms with Gasteiger partial charge >= 0.3 is 0 Å². The monoisotopic (exact) mass is 1470 g/mol. The van der Waals surface area contributed by atoms with Crippen LogP contribution in [0.15, 0.2) is 0 Å². The Morgan fingerprint density at radius 1 is 0.358 bits per heavy atom. The summed E-state index contributed by atoms with van der Waals surface area (Å²) in [4.78, 5) is 60.8. The molecule has 0 atom stereocenters. The third-order valence-electron chi connectivity index (χ3n) is 12.3. The number of nitrogens with zero attached hydrogens (tertiary/aromatic N) is 8. The molecule has 0 spiro atoms. The lowest BCUT2D eigenvalue weighted by molar-refractivity contribution is -0.136. The summed E-state index contributed by atoms with van der Waals surface area (Å²) in [6, 6.07) is 0. The van der Waals surface area contributed by atoms with Crippen LogP contribution in [0.3, 0.4) is 0 Å². The Kier molecular flexibility index (Phi) is 52.2. The average Bonchev–Trinajstić information content (AvgIpc) is 3.24. The molecule has 0 aromatic carbocycles. The minimum atomic E-state index is -3.08. The Labute approximate surface area is 588 Å². The smallest absolute Gasteiger partial charge is 0.227 e. The summed E-state index contributed by atoms with van der Waals surface area (Å²) < 4.78 is 114. The summed E-state index contributed by atoms with van der Waals surface area (Å²) in [6.45, 7) is 63.6. The Morgan fingerprint density at radius 3 is 0.705 bits per heavy atom. The minimum Gasteiger partial charge on any atom is -0.349 e. The Balaban J connectivity index is -0.000000106. The number of ketones is 1. The molecule has 0 radical (unpaired) electrons. The van der Waals surface area contributed by atoms with Crippen LogP contribution < -0.4 is 0 Å². The number of hydrogen-bond donors (Lipinski definition) is 0. The van der Waals surface area contributed by atoms with Crippen LogP contribution in [0.25, 0.3) is 0 Å². The van der Waals surface area contributed by atoms with Crippen LogP contribution >= 0.6 is 0 Å². The van der Waals surface area contributed by atoms with E-state index in [1.54, 1.807) is 152 Å². The van der Waals surface area contributed by atoms with Gasteiger partial charge in [0, 0.05) is 146 Å². The van der Waals surface area contributed by atoms with E-state index in [-0.39, 0.29) is 78.7 Å². The van der Waals surface area contributed by atoms with Gasteiger partial charge < -0.3 is 19.6 Å². The van der Waals surface area contributed by atoms with Gasteiger partial charge in [-0.2, -0.15) is 4.31 Å². The second-order valence-electron chi connectivity index (χ2n) is 35.3. The number of rotatable bonds is 8. The molecule has 580 valence electrons. The van der Waals surface area contributed by atoms with Gasteiger partial charge in [0.2, 0.25) is 63.7 Å². The summed E-state index contributed by atoms with van der Waals surface area (Å²) in [5.74, 6) is 1.06. The number of hydrogen-bond acceptors (Lipinski definition) is 15. The summed E-state index contributed by atoms with van der Waals surface area (Å²) in [5.41, 5.74) is -0.536. The van der Waals surface area contributed by atoms with Gasteiger partial charge in [0.15, 0.2) is 9.84 Å². The number of carbonyl (C=O) groups excluding carboxylic acids is 5. The summed E-state index contributed by atoms with van der Waals surface area (Å²) in [5, 5.41) is 0. The molecule has 0 aromatic rings. The first-order valence-corrected chi connectivity index (χ1v) is 40.1. The van der Waals surface area contributed by atoms with Crippen molar-refractivity contribution in [3.8, 4) is 0 Å². The van der Waals surface area contributed by atoms with Crippen molar-refractivity contribution in [3.05, 3.63) is 0 Å². The summed E-state index contributed by atoms with van der Waals surface area (Å²) in [6.07, 6.45) is 4.30. The maximum absolute atomic E-state index is 11.3. The predicted octanol–water partition coefficient (Wildman–Crippen LogP) is 11.1. The molecule has 0 rings (SSSR count). The molecule has 0 unspecified atom stereocenters. The highest BCUT2D eigenvalue weighted by Gasteiger charge is 2.31. The van der Waals surface area contributed by atoms with Crippen molar-refractivity contribution in [1.82, 2.24) is 36.8 Å². The van der Waals surface area contributed by atoms with Crippen molar-refractivity contribution < 1.29 is 66.1 Å². The zero-order valence-corrected chi connectivity index (χ0v) is 74.2. The largest absolute Gasteiger partial charge is 0.349 e. The summed E-state index contributed by atoms with van der Waals surface area (Å²) >= 11 is 0. The second kappa shape index (κ2) is 43.7. The fourth-order valence-electron chi connectivity index (χ4n) is 5.08. The van der Waals surface area contributed by atoms with E-state index in [9.17, 15) is 66.1 Å². The SMILES string of the molecule is CC(=O)C(C)(C)C.CC(=O)N(C)C(C)(C)C.CC(=O)N(C)CC(C)(C)C.CC(C)(C)S(C)(=O)=O.CN(C(C)(C)C)S(C)(=O)=O.CN(C)C(=O)C(C)(C)C.CN(C)C(=O)CC(C)(C)C.CN(C)S(=O)(=O)C(C)(C)C.CN(C)S(=O)(=O)CC(C)(C)C.CN(CC(C)(C)C)S(C)(=O)=O. The first-order chi connectivity index (χ1) is 40.2. The molecule has 0 heterocycles. The topological polar surface area (TPSA) is 282 Å². The number of Topliss-reactive ketones (excluding diaryl/α,β-unsaturated/α-hetero) is 1. The van der Waals surface area contributed by atoms with Crippen molar-refractivity contribution in [2.75, 3.05) is 122 Å². The van der Waals surface area contributed by atoms with E-state index in [4.69, 9.17) is 0 Å². The molecule has 28 heteroatoms. The van der Waals surface area contributed by atoms with Gasteiger partial charge in [0.25, 0.3) is 0 Å². The highest BCUT2D eigenvalue weighted by molar-refractivity contribution is 7.92. The lowest BCUT2D eigenvalue weighted by Gasteiger charge is -2.30. The normalized spacial score (nSPS) is 12.8. The molecule has 0 saturated carbocycles. The van der Waals surface area contributed by atoms with E-state index in [0.29, 0.717) is 13.0 Å². The van der Waals surface area contributed by atoms with Crippen LogP contribution in [0.4, 0.5) is 0 Å². The third kappa shape index (κ3) is 72.2. The van der Waals surface area contributed by atoms with E-state index >= 15 is 0 Å². The number of carbonyl (C=O) groups is 5. The molecule has 0 N–H and O–H groups in total. The van der Waals surface area contributed by atoms with Crippen LogP contribution in [0.1, 0.15) is 235 Å². The van der Waals surface area contributed by atoms with Gasteiger partial charge in [-0.3, -0.25) is 24.0 Å². The van der Waals surface area contributed by atoms with Gasteiger partial charge in [-0.05, 0) is 112 Å². The van der Waals surface area contributed by atoms with Crippen molar-refractivity contribution in [2.24, 2.45) is 32.5 Å². The van der Waals surface area contributed by atoms with Crippen LogP contribution in [-0.4, -0.2) is 251 Å². The first-order valence-electron chi connectivity index (χ1n) is 31.4. The Bertz CT molecular complexity index is 2800. The lowest BCUT2D eigenvalue weighted by atomic mass is 9.92. The van der Waals surface area contributed by atoms with E-state index < -0.39 is 59.4 Å². The van der Waals surface area contributed by atoms with Crippen LogP contribution in [0.5, 0.6) is 0 Å². The maximum Gasteiger partial charge on any atom is 0.227 e. The van der Waals surface area contributed by atoms with Gasteiger partial charge in [-0.15, -0.1) is 0 Å². The Morgan fingerprint density at radius 2 is 0.663 bits per heavy atom. The fourth-order valence-corrected chi connectivity index (χ4v) is 9.15. The highest BCUT2D eigenvalue weighted by Crippen LogP contribution is 2.21. The van der Waals surface area contributed by atoms with Gasteiger partial charge in [-0.25, -0.2) is 55.0 Å². The van der Waals surface area contributed by atoms with Crippen molar-refractivity contribution in [3.63, 3.8) is 0 Å². The van der Waals surface area contributed by atoms with Crippen LogP contribution in [0, 0.1) is 32.5 Å². The maximum atomic E-state index is 11.3. The third-order valence-corrected chi connectivity index (χ3v) is 22.1. The van der Waals surface area contributed by atoms with E-state index in [2.05, 4.69) is 41.5 Å². The molecule has 0 aliphatic rings. The zero-order valence-electron chi connectivity index (χ0n) is 70.1. The van der Waals surface area contributed by atoms with Gasteiger partial charge in [-0.1, -0.05) is 125 Å². The molecular weight excluding hydrogens is 1320 g/mol. The molecule has 95 heavy (non-hydrogen) atoms. The van der Waals surface area contributed by atoms with Gasteiger partial charge in [0.1, 0.15) is 5.78 Å². The molecule has 0 aromatic heterocycles. The minimum absolute atomic E-state index is 0.0256. The van der Waals surface area contributed by atoms with Crippen LogP contribution in [0.2, 0.25) is 0 Å². The molecule has 23 nitrogen and oxygen atoms in total. The standard InChI is InChI=1S/2C8H17NO.2C7H17NO2S.2C7H15NO.2C6H15NO2S.C6H12O.C5H12O2S/c1-8(2,3)6-7(10)9(4)5;1-7(10)9(5)6-8(2,3)4;1-7(2,3)6-8(4)11(5,9)10;1-7(2,3)6-11(9,10)8(4)5;1-7(2,3)6(9)8(4)5;1-6(9)8(5)7(2,3)4;1-6(2,3)7(4)10(5,8)9;1-6(2,3)10(8,9)7(4)5;1-5(7)6(2,3)4;1-5(2,3)8(4,6)7/h2*6H2,1-5H3;2*6H2,1-5H3;2*1-5H3;2*1-5H3;1-4H3;1-4H3. The van der Waals surface area contributed by atoms with E-state index in [1.165, 1.54) is 36.0 Å². The van der Waals surface area contributed by atoms with Crippen molar-refractivity contribution >= 4 is 79.3 Å². The van der Waals surface area contributed by atoms with Crippen molar-refractivity contribution in [2.45, 2.75) is 255 Å². The molecule has 0 saturated heterocycles. The number of sulfone groups is 1. The predicted molar refractivity (Wildman–Crippen MR) is 405 cm³/mol. The molecule has 4 amide bonds. The van der Waals surface area contributed by atoms with Crippen molar-refractivity contribution in [1.29, 1.82) is 0 Å². The zero-order chi connectivity index (χ0) is 80.8. The lowest BCUT2D eigenvalue weighted by Crippen LogP contribution is -2.41. The molecule has 0 fully saturated rings.